The largest absolute Gasteiger partial charge is 0.481 e. The number of para-hydroxylation sites is 1. The molecule has 7 heteroatoms. The van der Waals surface area contributed by atoms with Crippen LogP contribution in [0.25, 0.3) is 5.69 Å². The SMILES string of the molecule is Cc1c(C(=O)N(CC(C)C(=O)O)C2CC2)cnn1-c1ccccc1F. The lowest BCUT2D eigenvalue weighted by Crippen LogP contribution is -2.38. The Morgan fingerprint density at radius 3 is 2.68 bits per heavy atom. The van der Waals surface area contributed by atoms with Crippen LogP contribution in [-0.2, 0) is 4.79 Å². The van der Waals surface area contributed by atoms with Gasteiger partial charge in [-0.15, -0.1) is 0 Å². The Bertz CT molecular complexity index is 814. The molecule has 3 rings (SSSR count). The summed E-state index contributed by atoms with van der Waals surface area (Å²) in [5.74, 6) is -2.26. The first-order valence-corrected chi connectivity index (χ1v) is 8.23. The minimum Gasteiger partial charge on any atom is -0.481 e. The van der Waals surface area contributed by atoms with Gasteiger partial charge >= 0.3 is 5.97 Å². The van der Waals surface area contributed by atoms with Gasteiger partial charge in [0.15, 0.2) is 0 Å². The van der Waals surface area contributed by atoms with Crippen LogP contribution in [0, 0.1) is 18.7 Å². The van der Waals surface area contributed by atoms with E-state index in [-0.39, 0.29) is 24.2 Å². The quantitative estimate of drug-likeness (QED) is 0.873. The molecule has 1 atom stereocenters. The number of hydrogen-bond donors (Lipinski definition) is 1. The lowest BCUT2D eigenvalue weighted by atomic mass is 10.1. The van der Waals surface area contributed by atoms with E-state index in [1.54, 1.807) is 36.9 Å². The monoisotopic (exact) mass is 345 g/mol. The average molecular weight is 345 g/mol. The van der Waals surface area contributed by atoms with Crippen molar-refractivity contribution in [2.24, 2.45) is 5.92 Å². The number of benzene rings is 1. The maximum Gasteiger partial charge on any atom is 0.308 e. The van der Waals surface area contributed by atoms with E-state index in [9.17, 15) is 14.0 Å². The molecule has 2 aromatic rings. The standard InChI is InChI=1S/C18H20FN3O3/c1-11(18(24)25)10-21(13-7-8-13)17(23)14-9-20-22(12(14)2)16-6-4-3-5-15(16)19/h3-6,9,11,13H,7-8,10H2,1-2H3,(H,24,25). The molecule has 1 aromatic heterocycles. The first-order chi connectivity index (χ1) is 11.9. The van der Waals surface area contributed by atoms with Crippen molar-refractivity contribution >= 4 is 11.9 Å². The normalized spacial score (nSPS) is 15.0. The molecular formula is C18H20FN3O3. The summed E-state index contributed by atoms with van der Waals surface area (Å²) in [6.45, 7) is 3.45. The van der Waals surface area contributed by atoms with Gasteiger partial charge < -0.3 is 10.0 Å². The molecule has 6 nitrogen and oxygen atoms in total. The van der Waals surface area contributed by atoms with Gasteiger partial charge in [0.25, 0.3) is 5.91 Å². The highest BCUT2D eigenvalue weighted by atomic mass is 19.1. The van der Waals surface area contributed by atoms with E-state index in [1.807, 2.05) is 0 Å². The lowest BCUT2D eigenvalue weighted by molar-refractivity contribution is -0.141. The maximum atomic E-state index is 14.0. The lowest BCUT2D eigenvalue weighted by Gasteiger charge is -2.24. The van der Waals surface area contributed by atoms with Crippen LogP contribution < -0.4 is 0 Å². The van der Waals surface area contributed by atoms with Crippen molar-refractivity contribution in [1.82, 2.24) is 14.7 Å². The number of rotatable bonds is 6. The van der Waals surface area contributed by atoms with E-state index in [1.165, 1.54) is 16.9 Å². The molecule has 0 saturated heterocycles. The van der Waals surface area contributed by atoms with Gasteiger partial charge in [0.2, 0.25) is 0 Å². The number of carboxylic acids is 1. The predicted molar refractivity (Wildman–Crippen MR) is 89.1 cm³/mol. The van der Waals surface area contributed by atoms with Gasteiger partial charge in [-0.1, -0.05) is 19.1 Å². The number of carbonyl (C=O) groups is 2. The van der Waals surface area contributed by atoms with Crippen molar-refractivity contribution in [3.63, 3.8) is 0 Å². The number of aliphatic carboxylic acids is 1. The van der Waals surface area contributed by atoms with Crippen molar-refractivity contribution in [3.8, 4) is 5.69 Å². The van der Waals surface area contributed by atoms with Crippen LogP contribution in [0.3, 0.4) is 0 Å². The summed E-state index contributed by atoms with van der Waals surface area (Å²) in [5, 5.41) is 13.3. The predicted octanol–water partition coefficient (Wildman–Crippen LogP) is 2.65. The van der Waals surface area contributed by atoms with Crippen molar-refractivity contribution in [1.29, 1.82) is 0 Å². The van der Waals surface area contributed by atoms with Gasteiger partial charge in [-0.05, 0) is 31.9 Å². The molecule has 1 saturated carbocycles. The van der Waals surface area contributed by atoms with Gasteiger partial charge in [-0.2, -0.15) is 5.10 Å². The van der Waals surface area contributed by atoms with Gasteiger partial charge in [-0.25, -0.2) is 9.07 Å². The van der Waals surface area contributed by atoms with Crippen LogP contribution in [0.4, 0.5) is 4.39 Å². The number of amides is 1. The number of nitrogens with zero attached hydrogens (tertiary/aromatic N) is 3. The topological polar surface area (TPSA) is 75.4 Å². The third kappa shape index (κ3) is 3.40. The second-order valence-corrected chi connectivity index (χ2v) is 6.43. The van der Waals surface area contributed by atoms with Crippen LogP contribution in [-0.4, -0.2) is 44.3 Å². The average Bonchev–Trinajstić information content (AvgIpc) is 3.35. The Balaban J connectivity index is 1.89. The van der Waals surface area contributed by atoms with Crippen molar-refractivity contribution in [2.45, 2.75) is 32.7 Å². The minimum absolute atomic E-state index is 0.0745. The van der Waals surface area contributed by atoms with Crippen LogP contribution in [0.1, 0.15) is 35.8 Å². The number of aromatic nitrogens is 2. The van der Waals surface area contributed by atoms with E-state index in [2.05, 4.69) is 5.10 Å². The molecule has 1 amide bonds. The molecule has 25 heavy (non-hydrogen) atoms. The molecule has 132 valence electrons. The van der Waals surface area contributed by atoms with Crippen LogP contribution in [0.15, 0.2) is 30.5 Å². The first-order valence-electron chi connectivity index (χ1n) is 8.23. The fourth-order valence-corrected chi connectivity index (χ4v) is 2.80. The molecule has 1 fully saturated rings. The summed E-state index contributed by atoms with van der Waals surface area (Å²) in [7, 11) is 0. The second-order valence-electron chi connectivity index (χ2n) is 6.43. The minimum atomic E-state index is -0.933. The summed E-state index contributed by atoms with van der Waals surface area (Å²) in [4.78, 5) is 25.7. The Hall–Kier alpha value is -2.70. The van der Waals surface area contributed by atoms with Gasteiger partial charge in [-0.3, -0.25) is 9.59 Å². The van der Waals surface area contributed by atoms with E-state index in [0.717, 1.165) is 12.8 Å². The zero-order chi connectivity index (χ0) is 18.1. The molecule has 1 unspecified atom stereocenters. The zero-order valence-corrected chi connectivity index (χ0v) is 14.1. The Labute approximate surface area is 144 Å². The highest BCUT2D eigenvalue weighted by Crippen LogP contribution is 2.30. The second kappa shape index (κ2) is 6.66. The highest BCUT2D eigenvalue weighted by molar-refractivity contribution is 5.95. The van der Waals surface area contributed by atoms with Crippen LogP contribution in [0.2, 0.25) is 0 Å². The summed E-state index contributed by atoms with van der Waals surface area (Å²) in [6, 6.07) is 6.29. The van der Waals surface area contributed by atoms with Gasteiger partial charge in [0, 0.05) is 12.6 Å². The van der Waals surface area contributed by atoms with Crippen molar-refractivity contribution < 1.29 is 19.1 Å². The molecule has 1 heterocycles. The zero-order valence-electron chi connectivity index (χ0n) is 14.1. The summed E-state index contributed by atoms with van der Waals surface area (Å²) < 4.78 is 15.4. The maximum absolute atomic E-state index is 14.0. The summed E-state index contributed by atoms with van der Waals surface area (Å²) in [5.41, 5.74) is 1.17. The third-order valence-corrected chi connectivity index (χ3v) is 4.46. The molecular weight excluding hydrogens is 325 g/mol. The molecule has 1 N–H and O–H groups in total. The third-order valence-electron chi connectivity index (χ3n) is 4.46. The molecule has 1 aromatic carbocycles. The fourth-order valence-electron chi connectivity index (χ4n) is 2.80. The van der Waals surface area contributed by atoms with E-state index in [4.69, 9.17) is 5.11 Å². The van der Waals surface area contributed by atoms with Crippen molar-refractivity contribution in [3.05, 3.63) is 47.5 Å². The number of hydrogen-bond acceptors (Lipinski definition) is 3. The smallest absolute Gasteiger partial charge is 0.308 e. The van der Waals surface area contributed by atoms with Crippen LogP contribution >= 0.6 is 0 Å². The van der Waals surface area contributed by atoms with Gasteiger partial charge in [0.05, 0.1) is 23.4 Å². The summed E-state index contributed by atoms with van der Waals surface area (Å²) in [6.07, 6.45) is 3.17. The first kappa shape index (κ1) is 17.1. The molecule has 0 radical (unpaired) electrons. The molecule has 1 aliphatic carbocycles. The van der Waals surface area contributed by atoms with Crippen molar-refractivity contribution in [2.75, 3.05) is 6.54 Å². The van der Waals surface area contributed by atoms with E-state index < -0.39 is 17.7 Å². The number of carboxylic acid groups (broad SMARTS) is 1. The van der Waals surface area contributed by atoms with E-state index >= 15 is 0 Å². The summed E-state index contributed by atoms with van der Waals surface area (Å²) >= 11 is 0. The Kier molecular flexibility index (Phi) is 4.57. The molecule has 0 bridgehead atoms. The van der Waals surface area contributed by atoms with Gasteiger partial charge in [0.1, 0.15) is 11.5 Å². The molecule has 0 aliphatic heterocycles. The van der Waals surface area contributed by atoms with E-state index in [0.29, 0.717) is 11.3 Å². The Morgan fingerprint density at radius 2 is 2.08 bits per heavy atom. The molecule has 0 spiro atoms. The fraction of sp³-hybridized carbons (Fsp3) is 0.389. The number of carbonyl (C=O) groups excluding carboxylic acids is 1. The highest BCUT2D eigenvalue weighted by Gasteiger charge is 2.36. The Morgan fingerprint density at radius 1 is 1.40 bits per heavy atom. The number of halogens is 1. The molecule has 1 aliphatic rings. The van der Waals surface area contributed by atoms with Crippen LogP contribution in [0.5, 0.6) is 0 Å².